The van der Waals surface area contributed by atoms with Crippen molar-refractivity contribution >= 4 is 5.97 Å². The summed E-state index contributed by atoms with van der Waals surface area (Å²) in [7, 11) is 1.23. The van der Waals surface area contributed by atoms with Crippen molar-refractivity contribution in [3.05, 3.63) is 29.3 Å². The van der Waals surface area contributed by atoms with Crippen LogP contribution in [-0.4, -0.2) is 18.1 Å². The van der Waals surface area contributed by atoms with E-state index in [1.54, 1.807) is 0 Å². The molecule has 0 saturated heterocycles. The first-order valence-electron chi connectivity index (χ1n) is 4.96. The Morgan fingerprint density at radius 2 is 2.19 bits per heavy atom. The Balaban J connectivity index is 3.05. The molecule has 1 aromatic heterocycles. The molecular formula is C11H15FN2O2. The number of methoxy groups -OCH3 is 1. The van der Waals surface area contributed by atoms with Gasteiger partial charge in [0, 0.05) is 6.20 Å². The lowest BCUT2D eigenvalue weighted by atomic mass is 10.0. The summed E-state index contributed by atoms with van der Waals surface area (Å²) in [5.41, 5.74) is 6.03. The summed E-state index contributed by atoms with van der Waals surface area (Å²) in [4.78, 5) is 15.0. The van der Waals surface area contributed by atoms with Crippen molar-refractivity contribution in [2.24, 2.45) is 11.7 Å². The van der Waals surface area contributed by atoms with E-state index in [1.165, 1.54) is 13.3 Å². The molecule has 0 spiro atoms. The highest BCUT2D eigenvalue weighted by molar-refractivity contribution is 5.88. The van der Waals surface area contributed by atoms with Crippen molar-refractivity contribution in [1.82, 2.24) is 4.98 Å². The third-order valence-electron chi connectivity index (χ3n) is 2.32. The number of halogens is 1. The summed E-state index contributed by atoms with van der Waals surface area (Å²) in [6, 6.07) is 0.614. The van der Waals surface area contributed by atoms with Crippen molar-refractivity contribution in [3.8, 4) is 0 Å². The van der Waals surface area contributed by atoms with Crippen molar-refractivity contribution in [3.63, 3.8) is 0 Å². The second-order valence-corrected chi connectivity index (χ2v) is 3.85. The molecule has 1 heterocycles. The highest BCUT2D eigenvalue weighted by Crippen LogP contribution is 2.20. The molecule has 0 aliphatic heterocycles. The van der Waals surface area contributed by atoms with E-state index >= 15 is 0 Å². The number of esters is 1. The lowest BCUT2D eigenvalue weighted by Crippen LogP contribution is -2.20. The average molecular weight is 226 g/mol. The number of carbonyl (C=O) groups is 1. The highest BCUT2D eigenvalue weighted by Gasteiger charge is 2.18. The summed E-state index contributed by atoms with van der Waals surface area (Å²) in [5.74, 6) is -1.12. The quantitative estimate of drug-likeness (QED) is 0.796. The number of carbonyl (C=O) groups excluding carboxylic acids is 1. The van der Waals surface area contributed by atoms with Crippen molar-refractivity contribution in [2.75, 3.05) is 7.11 Å². The average Bonchev–Trinajstić information content (AvgIpc) is 2.26. The Kier molecular flexibility index (Phi) is 3.95. The fourth-order valence-electron chi connectivity index (χ4n) is 1.24. The maximum atomic E-state index is 13.6. The molecule has 16 heavy (non-hydrogen) atoms. The summed E-state index contributed by atoms with van der Waals surface area (Å²) < 4.78 is 18.1. The van der Waals surface area contributed by atoms with E-state index in [9.17, 15) is 9.18 Å². The zero-order valence-electron chi connectivity index (χ0n) is 9.53. The van der Waals surface area contributed by atoms with Crippen LogP contribution in [0.2, 0.25) is 0 Å². The minimum atomic E-state index is -0.615. The molecule has 0 aliphatic carbocycles. The van der Waals surface area contributed by atoms with Crippen LogP contribution in [0.25, 0.3) is 0 Å². The maximum Gasteiger partial charge on any atom is 0.339 e. The Morgan fingerprint density at radius 1 is 1.56 bits per heavy atom. The van der Waals surface area contributed by atoms with E-state index < -0.39 is 17.8 Å². The number of pyridine rings is 1. The number of ether oxygens (including phenoxy) is 1. The first-order chi connectivity index (χ1) is 7.47. The number of nitrogens with two attached hydrogens (primary N) is 1. The summed E-state index contributed by atoms with van der Waals surface area (Å²) in [6.07, 6.45) is 1.27. The molecule has 0 unspecified atom stereocenters. The number of nitrogens with zero attached hydrogens (tertiary/aromatic N) is 1. The molecular weight excluding hydrogens is 211 g/mol. The highest BCUT2D eigenvalue weighted by atomic mass is 19.1. The monoisotopic (exact) mass is 226 g/mol. The first-order valence-corrected chi connectivity index (χ1v) is 4.96. The second kappa shape index (κ2) is 5.03. The number of rotatable bonds is 3. The van der Waals surface area contributed by atoms with Crippen molar-refractivity contribution in [2.45, 2.75) is 19.9 Å². The van der Waals surface area contributed by atoms with E-state index in [4.69, 9.17) is 5.73 Å². The molecule has 88 valence electrons. The number of hydrogen-bond donors (Lipinski definition) is 1. The lowest BCUT2D eigenvalue weighted by Gasteiger charge is -2.15. The minimum Gasteiger partial charge on any atom is -0.465 e. The van der Waals surface area contributed by atoms with Gasteiger partial charge in [0.2, 0.25) is 0 Å². The minimum absolute atomic E-state index is 0.0750. The van der Waals surface area contributed by atoms with Gasteiger partial charge < -0.3 is 10.5 Å². The van der Waals surface area contributed by atoms with Crippen LogP contribution < -0.4 is 5.73 Å². The van der Waals surface area contributed by atoms with Gasteiger partial charge in [0.15, 0.2) is 0 Å². The van der Waals surface area contributed by atoms with Gasteiger partial charge >= 0.3 is 5.97 Å². The van der Waals surface area contributed by atoms with Crippen LogP contribution >= 0.6 is 0 Å². The Hall–Kier alpha value is -1.49. The molecule has 4 nitrogen and oxygen atoms in total. The fraction of sp³-hybridized carbons (Fsp3) is 0.455. The smallest absolute Gasteiger partial charge is 0.339 e. The van der Waals surface area contributed by atoms with E-state index in [0.717, 1.165) is 6.07 Å². The van der Waals surface area contributed by atoms with Crippen LogP contribution in [0.1, 0.15) is 35.9 Å². The molecule has 0 bridgehead atoms. The molecule has 1 aromatic rings. The van der Waals surface area contributed by atoms with Crippen LogP contribution in [0.4, 0.5) is 4.39 Å². The van der Waals surface area contributed by atoms with Crippen LogP contribution in [-0.2, 0) is 4.74 Å². The largest absolute Gasteiger partial charge is 0.465 e. The van der Waals surface area contributed by atoms with Crippen molar-refractivity contribution < 1.29 is 13.9 Å². The predicted octanol–water partition coefficient (Wildman–Crippen LogP) is 1.66. The topological polar surface area (TPSA) is 65.2 Å². The summed E-state index contributed by atoms with van der Waals surface area (Å²) >= 11 is 0. The molecule has 0 aliphatic rings. The van der Waals surface area contributed by atoms with E-state index in [2.05, 4.69) is 9.72 Å². The van der Waals surface area contributed by atoms with Gasteiger partial charge in [0.25, 0.3) is 0 Å². The SMILES string of the molecule is COC(=O)c1cnc([C@@H](N)C(C)C)c(F)c1. The van der Waals surface area contributed by atoms with Gasteiger partial charge in [-0.3, -0.25) is 4.98 Å². The van der Waals surface area contributed by atoms with Gasteiger partial charge in [0.05, 0.1) is 24.4 Å². The Labute approximate surface area is 93.6 Å². The van der Waals surface area contributed by atoms with Gasteiger partial charge in [-0.1, -0.05) is 13.8 Å². The molecule has 0 fully saturated rings. The summed E-state index contributed by atoms with van der Waals surface area (Å²) in [5, 5.41) is 0. The molecule has 1 rings (SSSR count). The fourth-order valence-corrected chi connectivity index (χ4v) is 1.24. The van der Waals surface area contributed by atoms with E-state index in [1.807, 2.05) is 13.8 Å². The standard InChI is InChI=1S/C11H15FN2O2/c1-6(2)9(13)10-8(12)4-7(5-14-10)11(15)16-3/h4-6,9H,13H2,1-3H3/t9-/m0/s1. The van der Waals surface area contributed by atoms with E-state index in [0.29, 0.717) is 0 Å². The summed E-state index contributed by atoms with van der Waals surface area (Å²) in [6.45, 7) is 3.75. The molecule has 0 amide bonds. The van der Waals surface area contributed by atoms with Crippen LogP contribution in [0, 0.1) is 11.7 Å². The molecule has 0 radical (unpaired) electrons. The first kappa shape index (κ1) is 12.6. The van der Waals surface area contributed by atoms with Crippen LogP contribution in [0.15, 0.2) is 12.3 Å². The van der Waals surface area contributed by atoms with Crippen LogP contribution in [0.5, 0.6) is 0 Å². The Bertz CT molecular complexity index is 394. The molecule has 0 saturated carbocycles. The molecule has 0 aromatic carbocycles. The second-order valence-electron chi connectivity index (χ2n) is 3.85. The molecule has 5 heteroatoms. The normalized spacial score (nSPS) is 12.6. The van der Waals surface area contributed by atoms with Gasteiger partial charge in [-0.2, -0.15) is 0 Å². The van der Waals surface area contributed by atoms with Crippen molar-refractivity contribution in [1.29, 1.82) is 0 Å². The lowest BCUT2D eigenvalue weighted by molar-refractivity contribution is 0.0599. The van der Waals surface area contributed by atoms with Crippen LogP contribution in [0.3, 0.4) is 0 Å². The van der Waals surface area contributed by atoms with Gasteiger partial charge in [-0.25, -0.2) is 9.18 Å². The van der Waals surface area contributed by atoms with E-state index in [-0.39, 0.29) is 17.2 Å². The zero-order chi connectivity index (χ0) is 12.3. The van der Waals surface area contributed by atoms with Gasteiger partial charge in [-0.05, 0) is 12.0 Å². The zero-order valence-corrected chi connectivity index (χ0v) is 9.53. The molecule has 2 N–H and O–H groups in total. The van der Waals surface area contributed by atoms with Gasteiger partial charge in [0.1, 0.15) is 5.82 Å². The maximum absolute atomic E-state index is 13.6. The Morgan fingerprint density at radius 3 is 2.62 bits per heavy atom. The third kappa shape index (κ3) is 2.55. The predicted molar refractivity (Wildman–Crippen MR) is 57.3 cm³/mol. The molecule has 1 atom stereocenters. The number of hydrogen-bond acceptors (Lipinski definition) is 4. The van der Waals surface area contributed by atoms with Gasteiger partial charge in [-0.15, -0.1) is 0 Å². The third-order valence-corrected chi connectivity index (χ3v) is 2.32. The number of aromatic nitrogens is 1.